The van der Waals surface area contributed by atoms with Gasteiger partial charge in [-0.1, -0.05) is 55.3 Å². The van der Waals surface area contributed by atoms with Crippen LogP contribution in [0.5, 0.6) is 0 Å². The van der Waals surface area contributed by atoms with Crippen LogP contribution in [-0.2, 0) is 16.0 Å². The van der Waals surface area contributed by atoms with Gasteiger partial charge >= 0.3 is 0 Å². The summed E-state index contributed by atoms with van der Waals surface area (Å²) in [6, 6.07) is 23.0. The van der Waals surface area contributed by atoms with Gasteiger partial charge in [0.15, 0.2) is 0 Å². The number of hydrogen-bond donors (Lipinski definition) is 2. The molecule has 172 valence electrons. The van der Waals surface area contributed by atoms with E-state index in [-0.39, 0.29) is 16.6 Å². The van der Waals surface area contributed by atoms with Gasteiger partial charge in [0.2, 0.25) is 0 Å². The number of para-hydroxylation sites is 1. The number of halogens is 1. The van der Waals surface area contributed by atoms with E-state index in [4.69, 9.17) is 11.6 Å². The zero-order valence-electron chi connectivity index (χ0n) is 18.7. The molecule has 34 heavy (non-hydrogen) atoms. The molecule has 6 nitrogen and oxygen atoms in total. The molecular weight excluding hydrogens is 450 g/mol. The van der Waals surface area contributed by atoms with Crippen LogP contribution in [0.2, 0.25) is 0 Å². The third-order valence-electron chi connectivity index (χ3n) is 5.49. The van der Waals surface area contributed by atoms with Crippen LogP contribution in [-0.4, -0.2) is 17.7 Å². The molecule has 7 heteroatoms. The Morgan fingerprint density at radius 3 is 2.15 bits per heavy atom. The van der Waals surface area contributed by atoms with Crippen molar-refractivity contribution in [2.45, 2.75) is 26.2 Å². The molecule has 0 spiro atoms. The summed E-state index contributed by atoms with van der Waals surface area (Å²) in [6.45, 7) is 2.16. The molecule has 4 rings (SSSR count). The van der Waals surface area contributed by atoms with Crippen molar-refractivity contribution in [3.63, 3.8) is 0 Å². The van der Waals surface area contributed by atoms with E-state index in [9.17, 15) is 14.4 Å². The zero-order chi connectivity index (χ0) is 24.1. The summed E-state index contributed by atoms with van der Waals surface area (Å²) < 4.78 is 0. The first-order valence-electron chi connectivity index (χ1n) is 11.1. The smallest absolute Gasteiger partial charge is 0.283 e. The van der Waals surface area contributed by atoms with Gasteiger partial charge in [0.25, 0.3) is 17.7 Å². The molecule has 3 aromatic carbocycles. The number of hydrogen-bond acceptors (Lipinski definition) is 4. The van der Waals surface area contributed by atoms with Gasteiger partial charge in [-0.25, -0.2) is 4.90 Å². The van der Waals surface area contributed by atoms with E-state index in [1.165, 1.54) is 5.56 Å². The summed E-state index contributed by atoms with van der Waals surface area (Å²) >= 11 is 6.17. The second kappa shape index (κ2) is 10.4. The van der Waals surface area contributed by atoms with Crippen molar-refractivity contribution in [2.24, 2.45) is 0 Å². The topological polar surface area (TPSA) is 78.5 Å². The summed E-state index contributed by atoms with van der Waals surface area (Å²) in [5, 5.41) is 5.61. The Balaban J connectivity index is 1.41. The summed E-state index contributed by atoms with van der Waals surface area (Å²) in [7, 11) is 0. The van der Waals surface area contributed by atoms with Crippen molar-refractivity contribution in [3.8, 4) is 0 Å². The predicted octanol–water partition coefficient (Wildman–Crippen LogP) is 5.72. The standard InChI is InChI=1S/C27H24ClN3O3/c1-2-3-7-18-10-14-21(15-11-18)30-25(32)19-12-16-20(17-13-19)29-24-23(28)26(33)31(27(24)34)22-8-5-4-6-9-22/h4-6,8-17,29H,2-3,7H2,1H3,(H,30,32). The zero-order valence-corrected chi connectivity index (χ0v) is 19.4. The van der Waals surface area contributed by atoms with Gasteiger partial charge in [0, 0.05) is 16.9 Å². The number of amides is 3. The van der Waals surface area contributed by atoms with E-state index in [0.717, 1.165) is 29.8 Å². The number of nitrogens with zero attached hydrogens (tertiary/aromatic N) is 1. The molecule has 2 N–H and O–H groups in total. The fourth-order valence-electron chi connectivity index (χ4n) is 3.61. The van der Waals surface area contributed by atoms with E-state index in [1.54, 1.807) is 54.6 Å². The molecule has 0 unspecified atom stereocenters. The lowest BCUT2D eigenvalue weighted by atomic mass is 10.1. The highest BCUT2D eigenvalue weighted by molar-refractivity contribution is 6.53. The molecule has 0 aromatic heterocycles. The van der Waals surface area contributed by atoms with Crippen molar-refractivity contribution in [1.29, 1.82) is 0 Å². The van der Waals surface area contributed by atoms with Gasteiger partial charge in [-0.05, 0) is 66.9 Å². The summed E-state index contributed by atoms with van der Waals surface area (Å²) in [6.07, 6.45) is 3.30. The maximum absolute atomic E-state index is 12.8. The Labute approximate surface area is 203 Å². The lowest BCUT2D eigenvalue weighted by molar-refractivity contribution is -0.120. The normalized spacial score (nSPS) is 13.4. The molecule has 0 aliphatic carbocycles. The van der Waals surface area contributed by atoms with Crippen LogP contribution in [0.25, 0.3) is 0 Å². The van der Waals surface area contributed by atoms with Crippen molar-refractivity contribution in [2.75, 3.05) is 15.5 Å². The van der Waals surface area contributed by atoms with Gasteiger partial charge in [0.05, 0.1) is 5.69 Å². The molecule has 3 aromatic rings. The monoisotopic (exact) mass is 473 g/mol. The Kier molecular flexibility index (Phi) is 7.09. The fraction of sp³-hybridized carbons (Fsp3) is 0.148. The molecule has 1 heterocycles. The van der Waals surface area contributed by atoms with E-state index < -0.39 is 11.8 Å². The van der Waals surface area contributed by atoms with Crippen molar-refractivity contribution >= 4 is 46.4 Å². The molecule has 0 saturated carbocycles. The maximum atomic E-state index is 12.8. The molecule has 0 fully saturated rings. The minimum absolute atomic E-state index is 0.00381. The Hall–Kier alpha value is -3.90. The fourth-order valence-corrected chi connectivity index (χ4v) is 3.82. The predicted molar refractivity (Wildman–Crippen MR) is 135 cm³/mol. The first kappa shape index (κ1) is 23.3. The van der Waals surface area contributed by atoms with Crippen molar-refractivity contribution in [3.05, 3.63) is 101 Å². The maximum Gasteiger partial charge on any atom is 0.283 e. The Morgan fingerprint density at radius 1 is 0.853 bits per heavy atom. The SMILES string of the molecule is CCCCc1ccc(NC(=O)c2ccc(NC3=C(Cl)C(=O)N(c4ccccc4)C3=O)cc2)cc1. The third kappa shape index (κ3) is 5.02. The number of anilines is 3. The molecule has 0 bridgehead atoms. The lowest BCUT2D eigenvalue weighted by Crippen LogP contribution is -2.32. The highest BCUT2D eigenvalue weighted by atomic mass is 35.5. The van der Waals surface area contributed by atoms with Crippen LogP contribution in [0.15, 0.2) is 89.6 Å². The molecule has 0 atom stereocenters. The van der Waals surface area contributed by atoms with Crippen LogP contribution in [0.3, 0.4) is 0 Å². The highest BCUT2D eigenvalue weighted by Crippen LogP contribution is 2.30. The summed E-state index contributed by atoms with van der Waals surface area (Å²) in [4.78, 5) is 39.0. The van der Waals surface area contributed by atoms with Crippen LogP contribution in [0.4, 0.5) is 17.1 Å². The highest BCUT2D eigenvalue weighted by Gasteiger charge is 2.38. The Bertz CT molecular complexity index is 1240. The van der Waals surface area contributed by atoms with E-state index in [0.29, 0.717) is 16.9 Å². The minimum Gasteiger partial charge on any atom is -0.350 e. The molecule has 3 amide bonds. The van der Waals surface area contributed by atoms with E-state index in [1.807, 2.05) is 24.3 Å². The largest absolute Gasteiger partial charge is 0.350 e. The number of aryl methyl sites for hydroxylation is 1. The number of carbonyl (C=O) groups excluding carboxylic acids is 3. The van der Waals surface area contributed by atoms with Crippen molar-refractivity contribution in [1.82, 2.24) is 0 Å². The van der Waals surface area contributed by atoms with Gasteiger partial charge < -0.3 is 10.6 Å². The molecule has 1 aliphatic heterocycles. The summed E-state index contributed by atoms with van der Waals surface area (Å²) in [5.41, 5.74) is 3.39. The number of carbonyl (C=O) groups is 3. The van der Waals surface area contributed by atoms with E-state index in [2.05, 4.69) is 17.6 Å². The number of unbranched alkanes of at least 4 members (excludes halogenated alkanes) is 1. The van der Waals surface area contributed by atoms with Crippen LogP contribution < -0.4 is 15.5 Å². The average Bonchev–Trinajstić information content (AvgIpc) is 3.07. The first-order valence-corrected chi connectivity index (χ1v) is 11.5. The third-order valence-corrected chi connectivity index (χ3v) is 5.84. The summed E-state index contributed by atoms with van der Waals surface area (Å²) in [5.74, 6) is -1.37. The number of rotatable bonds is 8. The van der Waals surface area contributed by atoms with Crippen molar-refractivity contribution < 1.29 is 14.4 Å². The lowest BCUT2D eigenvalue weighted by Gasteiger charge is -2.15. The second-order valence-electron chi connectivity index (χ2n) is 7.93. The minimum atomic E-state index is -0.586. The number of benzene rings is 3. The quantitative estimate of drug-likeness (QED) is 0.410. The number of imide groups is 1. The van der Waals surface area contributed by atoms with Gasteiger partial charge in [-0.3, -0.25) is 14.4 Å². The van der Waals surface area contributed by atoms with E-state index >= 15 is 0 Å². The Morgan fingerprint density at radius 2 is 1.50 bits per heavy atom. The van der Waals surface area contributed by atoms with Gasteiger partial charge in [-0.15, -0.1) is 0 Å². The molecular formula is C27H24ClN3O3. The first-order chi connectivity index (χ1) is 16.5. The van der Waals surface area contributed by atoms with Gasteiger partial charge in [-0.2, -0.15) is 0 Å². The van der Waals surface area contributed by atoms with Crippen LogP contribution in [0.1, 0.15) is 35.7 Å². The second-order valence-corrected chi connectivity index (χ2v) is 8.31. The average molecular weight is 474 g/mol. The van der Waals surface area contributed by atoms with Crippen LogP contribution in [0, 0.1) is 0 Å². The molecule has 0 radical (unpaired) electrons. The van der Waals surface area contributed by atoms with Gasteiger partial charge in [0.1, 0.15) is 10.7 Å². The molecule has 1 aliphatic rings. The molecule has 0 saturated heterocycles. The number of nitrogens with one attached hydrogen (secondary N) is 2. The van der Waals surface area contributed by atoms with Crippen LogP contribution >= 0.6 is 11.6 Å².